The molecule has 2 N–H and O–H groups in total. The molecule has 0 saturated heterocycles. The van der Waals surface area contributed by atoms with Crippen molar-refractivity contribution in [3.8, 4) is 0 Å². The predicted octanol–water partition coefficient (Wildman–Crippen LogP) is 1.39. The van der Waals surface area contributed by atoms with Crippen molar-refractivity contribution in [1.29, 1.82) is 0 Å². The van der Waals surface area contributed by atoms with Gasteiger partial charge in [-0.05, 0) is 24.3 Å². The molecule has 1 heterocycles. The molecule has 0 aromatic heterocycles. The minimum absolute atomic E-state index is 0.546. The van der Waals surface area contributed by atoms with Crippen molar-refractivity contribution in [2.24, 2.45) is 16.6 Å². The molecule has 0 bridgehead atoms. The fourth-order valence-electron chi connectivity index (χ4n) is 1.71. The normalized spacial score (nSPS) is 21.9. The van der Waals surface area contributed by atoms with Crippen molar-refractivity contribution in [1.82, 2.24) is 4.90 Å². The molecule has 0 fully saturated rings. The first-order valence-electron chi connectivity index (χ1n) is 5.20. The summed E-state index contributed by atoms with van der Waals surface area (Å²) in [5.41, 5.74) is 5.86. The zero-order valence-electron chi connectivity index (χ0n) is 9.36. The van der Waals surface area contributed by atoms with E-state index in [2.05, 4.69) is 30.0 Å². The van der Waals surface area contributed by atoms with Crippen molar-refractivity contribution in [3.05, 3.63) is 0 Å². The van der Waals surface area contributed by atoms with Gasteiger partial charge in [0.2, 0.25) is 0 Å². The molecule has 0 spiro atoms. The van der Waals surface area contributed by atoms with Crippen LogP contribution in [0.25, 0.3) is 0 Å². The van der Waals surface area contributed by atoms with Crippen molar-refractivity contribution < 1.29 is 0 Å². The van der Waals surface area contributed by atoms with Crippen molar-refractivity contribution >= 4 is 17.7 Å². The van der Waals surface area contributed by atoms with Crippen LogP contribution in [-0.4, -0.2) is 42.0 Å². The number of hydrogen-bond acceptors (Lipinski definition) is 4. The highest BCUT2D eigenvalue weighted by Gasteiger charge is 2.25. The zero-order chi connectivity index (χ0) is 10.6. The zero-order valence-corrected chi connectivity index (χ0v) is 10.2. The number of hydrogen-bond donors (Lipinski definition) is 1. The second-order valence-corrected chi connectivity index (χ2v) is 5.17. The SMILES string of the molecule is CSCCC1CN=C(N)N1CC(C)C. The Morgan fingerprint density at radius 2 is 2.36 bits per heavy atom. The highest BCUT2D eigenvalue weighted by Crippen LogP contribution is 2.15. The van der Waals surface area contributed by atoms with Gasteiger partial charge in [0.25, 0.3) is 0 Å². The van der Waals surface area contributed by atoms with Crippen LogP contribution in [0, 0.1) is 5.92 Å². The molecule has 4 heteroatoms. The lowest BCUT2D eigenvalue weighted by Gasteiger charge is -2.27. The van der Waals surface area contributed by atoms with Gasteiger partial charge >= 0.3 is 0 Å². The maximum absolute atomic E-state index is 5.86. The maximum Gasteiger partial charge on any atom is 0.191 e. The molecule has 82 valence electrons. The minimum atomic E-state index is 0.546. The van der Waals surface area contributed by atoms with E-state index < -0.39 is 0 Å². The molecule has 0 aromatic carbocycles. The number of thioether (sulfide) groups is 1. The second kappa shape index (κ2) is 5.49. The smallest absolute Gasteiger partial charge is 0.191 e. The van der Waals surface area contributed by atoms with Gasteiger partial charge < -0.3 is 10.6 Å². The van der Waals surface area contributed by atoms with Crippen LogP contribution in [0.3, 0.4) is 0 Å². The van der Waals surface area contributed by atoms with Gasteiger partial charge in [0.1, 0.15) is 0 Å². The highest BCUT2D eigenvalue weighted by atomic mass is 32.2. The van der Waals surface area contributed by atoms with Gasteiger partial charge in [-0.25, -0.2) is 0 Å². The van der Waals surface area contributed by atoms with E-state index in [0.29, 0.717) is 12.0 Å². The third-order valence-electron chi connectivity index (χ3n) is 2.42. The largest absolute Gasteiger partial charge is 0.370 e. The fourth-order valence-corrected chi connectivity index (χ4v) is 2.22. The lowest BCUT2D eigenvalue weighted by molar-refractivity contribution is 0.299. The van der Waals surface area contributed by atoms with E-state index in [1.165, 1.54) is 12.2 Å². The number of nitrogens with zero attached hydrogens (tertiary/aromatic N) is 2. The van der Waals surface area contributed by atoms with E-state index in [1.54, 1.807) is 0 Å². The van der Waals surface area contributed by atoms with Crippen LogP contribution in [0.4, 0.5) is 0 Å². The molecule has 0 aliphatic carbocycles. The molecular weight excluding hydrogens is 194 g/mol. The number of nitrogens with two attached hydrogens (primary N) is 1. The van der Waals surface area contributed by atoms with Gasteiger partial charge in [0.05, 0.1) is 12.6 Å². The summed E-state index contributed by atoms with van der Waals surface area (Å²) in [6, 6.07) is 0.546. The quantitative estimate of drug-likeness (QED) is 0.753. The number of guanidine groups is 1. The summed E-state index contributed by atoms with van der Waals surface area (Å²) in [4.78, 5) is 6.58. The molecular formula is C10H21N3S. The lowest BCUT2D eigenvalue weighted by Crippen LogP contribution is -2.43. The molecule has 0 radical (unpaired) electrons. The lowest BCUT2D eigenvalue weighted by atomic mass is 10.1. The average Bonchev–Trinajstić information content (AvgIpc) is 2.45. The molecule has 1 aliphatic heterocycles. The number of aliphatic imine (C=N–C) groups is 1. The van der Waals surface area contributed by atoms with Crippen LogP contribution in [-0.2, 0) is 0 Å². The molecule has 1 aliphatic rings. The first-order chi connectivity index (χ1) is 6.65. The molecule has 0 saturated carbocycles. The van der Waals surface area contributed by atoms with E-state index in [4.69, 9.17) is 5.73 Å². The molecule has 1 atom stereocenters. The van der Waals surface area contributed by atoms with Gasteiger partial charge in [-0.1, -0.05) is 13.8 Å². The molecule has 1 rings (SSSR count). The molecule has 3 nitrogen and oxygen atoms in total. The monoisotopic (exact) mass is 215 g/mol. The van der Waals surface area contributed by atoms with Gasteiger partial charge in [0.15, 0.2) is 5.96 Å². The Balaban J connectivity index is 2.44. The minimum Gasteiger partial charge on any atom is -0.370 e. The Kier molecular flexibility index (Phi) is 4.58. The first-order valence-corrected chi connectivity index (χ1v) is 6.60. The standard InChI is InChI=1S/C10H21N3S/c1-8(2)7-13-9(4-5-14-3)6-12-10(13)11/h8-9H,4-7H2,1-3H3,(H2,11,12). The van der Waals surface area contributed by atoms with Gasteiger partial charge in [-0.2, -0.15) is 11.8 Å². The van der Waals surface area contributed by atoms with Crippen LogP contribution in [0.1, 0.15) is 20.3 Å². The third kappa shape index (κ3) is 3.08. The van der Waals surface area contributed by atoms with Crippen LogP contribution in [0.5, 0.6) is 0 Å². The summed E-state index contributed by atoms with van der Waals surface area (Å²) in [5, 5.41) is 0. The van der Waals surface area contributed by atoms with Gasteiger partial charge in [0, 0.05) is 6.54 Å². The van der Waals surface area contributed by atoms with Gasteiger partial charge in [-0.3, -0.25) is 4.99 Å². The van der Waals surface area contributed by atoms with E-state index in [9.17, 15) is 0 Å². The molecule has 0 amide bonds. The third-order valence-corrected chi connectivity index (χ3v) is 3.06. The van der Waals surface area contributed by atoms with Crippen LogP contribution in [0.2, 0.25) is 0 Å². The Morgan fingerprint density at radius 3 is 2.93 bits per heavy atom. The first kappa shape index (κ1) is 11.7. The summed E-state index contributed by atoms with van der Waals surface area (Å²) < 4.78 is 0. The Bertz CT molecular complexity index is 204. The van der Waals surface area contributed by atoms with E-state index in [-0.39, 0.29) is 0 Å². The second-order valence-electron chi connectivity index (χ2n) is 4.18. The molecule has 14 heavy (non-hydrogen) atoms. The fraction of sp³-hybridized carbons (Fsp3) is 0.900. The number of rotatable bonds is 5. The summed E-state index contributed by atoms with van der Waals surface area (Å²) in [6.45, 7) is 6.36. The van der Waals surface area contributed by atoms with E-state index >= 15 is 0 Å². The van der Waals surface area contributed by atoms with Crippen LogP contribution < -0.4 is 5.73 Å². The average molecular weight is 215 g/mol. The Morgan fingerprint density at radius 1 is 1.64 bits per heavy atom. The Hall–Kier alpha value is -0.380. The summed E-state index contributed by atoms with van der Waals surface area (Å²) in [5.74, 6) is 2.59. The van der Waals surface area contributed by atoms with Crippen molar-refractivity contribution in [2.45, 2.75) is 26.3 Å². The van der Waals surface area contributed by atoms with Crippen molar-refractivity contribution in [2.75, 3.05) is 25.1 Å². The molecule has 1 unspecified atom stereocenters. The van der Waals surface area contributed by atoms with E-state index in [1.807, 2.05) is 11.8 Å². The Labute approximate surface area is 91.1 Å². The predicted molar refractivity (Wildman–Crippen MR) is 64.8 cm³/mol. The van der Waals surface area contributed by atoms with Crippen LogP contribution >= 0.6 is 11.8 Å². The van der Waals surface area contributed by atoms with Crippen molar-refractivity contribution in [3.63, 3.8) is 0 Å². The van der Waals surface area contributed by atoms with Gasteiger partial charge in [-0.15, -0.1) is 0 Å². The summed E-state index contributed by atoms with van der Waals surface area (Å²) in [6.07, 6.45) is 3.34. The van der Waals surface area contributed by atoms with Crippen LogP contribution in [0.15, 0.2) is 4.99 Å². The molecule has 0 aromatic rings. The summed E-state index contributed by atoms with van der Waals surface area (Å²) >= 11 is 1.89. The summed E-state index contributed by atoms with van der Waals surface area (Å²) in [7, 11) is 0. The maximum atomic E-state index is 5.86. The van der Waals surface area contributed by atoms with E-state index in [0.717, 1.165) is 19.0 Å². The topological polar surface area (TPSA) is 41.6 Å². The highest BCUT2D eigenvalue weighted by molar-refractivity contribution is 7.98.